The Balaban J connectivity index is 1.47. The van der Waals surface area contributed by atoms with E-state index < -0.39 is 0 Å². The minimum absolute atomic E-state index is 0.00921. The largest absolute Gasteiger partial charge is 0.352 e. The van der Waals surface area contributed by atoms with Crippen LogP contribution in [0, 0.1) is 0 Å². The summed E-state index contributed by atoms with van der Waals surface area (Å²) in [5.74, 6) is -0.00921. The topological polar surface area (TPSA) is 45.2 Å². The zero-order valence-electron chi connectivity index (χ0n) is 15.5. The van der Waals surface area contributed by atoms with Gasteiger partial charge in [-0.1, -0.05) is 30.7 Å². The highest BCUT2D eigenvalue weighted by Crippen LogP contribution is 2.27. The molecule has 0 aliphatic carbocycles. The predicted octanol–water partition coefficient (Wildman–Crippen LogP) is 4.57. The van der Waals surface area contributed by atoms with Crippen LogP contribution in [-0.2, 0) is 0 Å². The first kappa shape index (κ1) is 18.1. The molecular weight excluding hydrogens is 354 g/mol. The average Bonchev–Trinajstić information content (AvgIpc) is 3.26. The molecule has 0 radical (unpaired) electrons. The number of rotatable bonds is 6. The van der Waals surface area contributed by atoms with Crippen molar-refractivity contribution in [3.63, 3.8) is 0 Å². The number of thiophene rings is 1. The fraction of sp³-hybridized carbons (Fsp3) is 0.364. The maximum absolute atomic E-state index is 12.9. The van der Waals surface area contributed by atoms with Gasteiger partial charge in [-0.25, -0.2) is 4.98 Å². The van der Waals surface area contributed by atoms with Gasteiger partial charge in [-0.3, -0.25) is 4.79 Å². The van der Waals surface area contributed by atoms with Gasteiger partial charge in [-0.05, 0) is 62.5 Å². The maximum atomic E-state index is 12.9. The number of piperidine rings is 1. The van der Waals surface area contributed by atoms with E-state index in [2.05, 4.69) is 10.2 Å². The fourth-order valence-corrected chi connectivity index (χ4v) is 4.38. The lowest BCUT2D eigenvalue weighted by Crippen LogP contribution is -2.33. The van der Waals surface area contributed by atoms with Crippen molar-refractivity contribution in [2.45, 2.75) is 25.7 Å². The van der Waals surface area contributed by atoms with E-state index in [1.54, 1.807) is 11.3 Å². The Hall–Kier alpha value is -2.24. The minimum Gasteiger partial charge on any atom is -0.352 e. The Morgan fingerprint density at radius 2 is 1.96 bits per heavy atom. The van der Waals surface area contributed by atoms with Crippen molar-refractivity contribution in [3.8, 4) is 10.6 Å². The minimum atomic E-state index is -0.00921. The van der Waals surface area contributed by atoms with Gasteiger partial charge < -0.3 is 10.2 Å². The highest BCUT2D eigenvalue weighted by atomic mass is 32.1. The van der Waals surface area contributed by atoms with Crippen molar-refractivity contribution >= 4 is 28.1 Å². The third kappa shape index (κ3) is 4.37. The lowest BCUT2D eigenvalue weighted by molar-refractivity contribution is 0.0952. The summed E-state index contributed by atoms with van der Waals surface area (Å²) in [5.41, 5.74) is 2.44. The van der Waals surface area contributed by atoms with Gasteiger partial charge in [-0.15, -0.1) is 11.3 Å². The number of amides is 1. The Bertz CT molecular complexity index is 901. The number of carbonyl (C=O) groups excluding carboxylic acids is 1. The van der Waals surface area contributed by atoms with Crippen LogP contribution in [-0.4, -0.2) is 42.0 Å². The molecule has 3 aromatic rings. The van der Waals surface area contributed by atoms with Crippen LogP contribution in [0.3, 0.4) is 0 Å². The zero-order valence-corrected chi connectivity index (χ0v) is 16.3. The number of nitrogens with zero attached hydrogens (tertiary/aromatic N) is 2. The molecule has 3 heterocycles. The summed E-state index contributed by atoms with van der Waals surface area (Å²) >= 11 is 1.64. The van der Waals surface area contributed by atoms with E-state index in [1.165, 1.54) is 32.4 Å². The number of fused-ring (bicyclic) bond motifs is 1. The summed E-state index contributed by atoms with van der Waals surface area (Å²) < 4.78 is 0. The molecule has 0 saturated carbocycles. The van der Waals surface area contributed by atoms with Gasteiger partial charge in [0.15, 0.2) is 0 Å². The van der Waals surface area contributed by atoms with Gasteiger partial charge in [0.2, 0.25) is 0 Å². The number of benzene rings is 1. The van der Waals surface area contributed by atoms with Gasteiger partial charge >= 0.3 is 0 Å². The van der Waals surface area contributed by atoms with E-state index in [-0.39, 0.29) is 5.91 Å². The molecule has 5 heteroatoms. The van der Waals surface area contributed by atoms with Crippen molar-refractivity contribution < 1.29 is 4.79 Å². The van der Waals surface area contributed by atoms with Gasteiger partial charge in [0.05, 0.1) is 21.7 Å². The highest BCUT2D eigenvalue weighted by Gasteiger charge is 2.14. The van der Waals surface area contributed by atoms with Gasteiger partial charge in [0.1, 0.15) is 0 Å². The molecule has 4 nitrogen and oxygen atoms in total. The Labute approximate surface area is 164 Å². The number of carbonyl (C=O) groups is 1. The third-order valence-electron chi connectivity index (χ3n) is 5.12. The zero-order chi connectivity index (χ0) is 18.5. The van der Waals surface area contributed by atoms with E-state index in [9.17, 15) is 4.79 Å². The Morgan fingerprint density at radius 3 is 2.78 bits per heavy atom. The number of hydrogen-bond donors (Lipinski definition) is 1. The number of para-hydroxylation sites is 1. The second kappa shape index (κ2) is 8.63. The smallest absolute Gasteiger partial charge is 0.252 e. The van der Waals surface area contributed by atoms with Gasteiger partial charge in [0.25, 0.3) is 5.91 Å². The van der Waals surface area contributed by atoms with Crippen molar-refractivity contribution in [1.29, 1.82) is 0 Å². The van der Waals surface area contributed by atoms with E-state index in [4.69, 9.17) is 4.98 Å². The molecule has 1 fully saturated rings. The fourth-order valence-electron chi connectivity index (χ4n) is 3.70. The van der Waals surface area contributed by atoms with Crippen LogP contribution in [0.5, 0.6) is 0 Å². The molecule has 0 bridgehead atoms. The van der Waals surface area contributed by atoms with Crippen molar-refractivity contribution in [2.75, 3.05) is 26.2 Å². The number of hydrogen-bond acceptors (Lipinski definition) is 4. The monoisotopic (exact) mass is 379 g/mol. The molecule has 140 valence electrons. The van der Waals surface area contributed by atoms with Crippen LogP contribution >= 0.6 is 11.3 Å². The number of aromatic nitrogens is 1. The summed E-state index contributed by atoms with van der Waals surface area (Å²) in [4.78, 5) is 21.2. The molecule has 27 heavy (non-hydrogen) atoms. The average molecular weight is 380 g/mol. The molecule has 0 spiro atoms. The van der Waals surface area contributed by atoms with Crippen LogP contribution in [0.4, 0.5) is 0 Å². The molecule has 1 aliphatic rings. The van der Waals surface area contributed by atoms with E-state index >= 15 is 0 Å². The predicted molar refractivity (Wildman–Crippen MR) is 112 cm³/mol. The molecule has 1 aromatic carbocycles. The molecule has 1 saturated heterocycles. The standard InChI is InChI=1S/C22H25N3OS/c26-22(23-11-7-14-25-12-4-1-5-13-25)18-16-20(21-10-6-15-27-21)24-19-9-3-2-8-17(18)19/h2-3,6,8-10,15-16H,1,4-5,7,11-14H2,(H,23,26). The van der Waals surface area contributed by atoms with Crippen molar-refractivity contribution in [2.24, 2.45) is 0 Å². The number of pyridine rings is 1. The summed E-state index contributed by atoms with van der Waals surface area (Å²) in [6, 6.07) is 13.9. The SMILES string of the molecule is O=C(NCCCN1CCCCC1)c1cc(-c2cccs2)nc2ccccc12. The molecular formula is C22H25N3OS. The van der Waals surface area contributed by atoms with E-state index in [0.717, 1.165) is 34.4 Å². The summed E-state index contributed by atoms with van der Waals surface area (Å²) in [6.07, 6.45) is 4.96. The Kier molecular flexibility index (Phi) is 5.80. The van der Waals surface area contributed by atoms with Crippen LogP contribution in [0.2, 0.25) is 0 Å². The van der Waals surface area contributed by atoms with Crippen LogP contribution in [0.25, 0.3) is 21.5 Å². The lowest BCUT2D eigenvalue weighted by Gasteiger charge is -2.26. The van der Waals surface area contributed by atoms with E-state index in [1.807, 2.05) is 47.8 Å². The quantitative estimate of drug-likeness (QED) is 0.638. The molecule has 4 rings (SSSR count). The van der Waals surface area contributed by atoms with Gasteiger partial charge in [-0.2, -0.15) is 0 Å². The first-order valence-electron chi connectivity index (χ1n) is 9.75. The van der Waals surface area contributed by atoms with Crippen LogP contribution in [0.15, 0.2) is 47.8 Å². The first-order chi connectivity index (χ1) is 13.3. The second-order valence-electron chi connectivity index (χ2n) is 7.06. The molecule has 2 aromatic heterocycles. The highest BCUT2D eigenvalue weighted by molar-refractivity contribution is 7.13. The Morgan fingerprint density at radius 1 is 1.11 bits per heavy atom. The molecule has 1 N–H and O–H groups in total. The number of likely N-dealkylation sites (tertiary alicyclic amines) is 1. The summed E-state index contributed by atoms with van der Waals surface area (Å²) in [7, 11) is 0. The number of nitrogens with one attached hydrogen (secondary N) is 1. The third-order valence-corrected chi connectivity index (χ3v) is 6.01. The van der Waals surface area contributed by atoms with Crippen molar-refractivity contribution in [3.05, 3.63) is 53.4 Å². The van der Waals surface area contributed by atoms with Gasteiger partial charge in [0, 0.05) is 11.9 Å². The molecule has 0 atom stereocenters. The van der Waals surface area contributed by atoms with Crippen LogP contribution < -0.4 is 5.32 Å². The summed E-state index contributed by atoms with van der Waals surface area (Å²) in [5, 5.41) is 6.06. The summed E-state index contributed by atoms with van der Waals surface area (Å²) in [6.45, 7) is 4.18. The molecule has 0 unspecified atom stereocenters. The van der Waals surface area contributed by atoms with Crippen LogP contribution in [0.1, 0.15) is 36.0 Å². The lowest BCUT2D eigenvalue weighted by atomic mass is 10.1. The molecule has 1 aliphatic heterocycles. The second-order valence-corrected chi connectivity index (χ2v) is 8.01. The normalized spacial score (nSPS) is 15.1. The maximum Gasteiger partial charge on any atom is 0.252 e. The van der Waals surface area contributed by atoms with E-state index in [0.29, 0.717) is 12.1 Å². The molecule has 1 amide bonds. The first-order valence-corrected chi connectivity index (χ1v) is 10.6. The van der Waals surface area contributed by atoms with Crippen molar-refractivity contribution in [1.82, 2.24) is 15.2 Å².